The minimum absolute atomic E-state index is 0.0776. The molecule has 0 aliphatic rings. The molecule has 4 heteroatoms. The fraction of sp³-hybridized carbons (Fsp3) is 0.364. The lowest BCUT2D eigenvalue weighted by Gasteiger charge is -2.23. The number of nitrogens with zero attached hydrogens (tertiary/aromatic N) is 1. The first-order valence-electron chi connectivity index (χ1n) is 4.78. The van der Waals surface area contributed by atoms with E-state index < -0.39 is 0 Å². The van der Waals surface area contributed by atoms with Crippen LogP contribution in [0.25, 0.3) is 0 Å². The number of hydrogen-bond donors (Lipinski definition) is 2. The third-order valence-corrected chi connectivity index (χ3v) is 2.78. The van der Waals surface area contributed by atoms with Crippen LogP contribution in [0, 0.1) is 0 Å². The fourth-order valence-corrected chi connectivity index (χ4v) is 1.42. The Morgan fingerprint density at radius 2 is 2.00 bits per heavy atom. The molecule has 0 fully saturated rings. The van der Waals surface area contributed by atoms with E-state index >= 15 is 0 Å². The van der Waals surface area contributed by atoms with Crippen molar-refractivity contribution in [1.29, 1.82) is 0 Å². The van der Waals surface area contributed by atoms with E-state index in [2.05, 4.69) is 4.90 Å². The number of likely N-dealkylation sites (N-methyl/N-ethyl adjacent to an activating group) is 1. The van der Waals surface area contributed by atoms with E-state index in [-0.39, 0.29) is 11.8 Å². The molecule has 1 atom stereocenters. The van der Waals surface area contributed by atoms with E-state index in [1.54, 1.807) is 12.1 Å². The van der Waals surface area contributed by atoms with E-state index in [0.29, 0.717) is 4.99 Å². The summed E-state index contributed by atoms with van der Waals surface area (Å²) in [5.74, 6) is 0.281. The molecule has 0 heterocycles. The van der Waals surface area contributed by atoms with Crippen molar-refractivity contribution in [1.82, 2.24) is 4.90 Å². The molecule has 1 aromatic rings. The number of nitrogens with two attached hydrogens (primary N) is 1. The van der Waals surface area contributed by atoms with Crippen LogP contribution in [-0.4, -0.2) is 28.1 Å². The maximum Gasteiger partial charge on any atom is 0.115 e. The molecule has 0 spiro atoms. The van der Waals surface area contributed by atoms with Crippen LogP contribution >= 0.6 is 12.2 Å². The Bertz CT molecular complexity index is 337. The molecule has 0 bridgehead atoms. The molecule has 0 aliphatic carbocycles. The topological polar surface area (TPSA) is 49.5 Å². The molecule has 0 radical (unpaired) electrons. The largest absolute Gasteiger partial charge is 0.508 e. The molecular formula is C11H16N2OS. The Balaban J connectivity index is 2.62. The third kappa shape index (κ3) is 3.49. The van der Waals surface area contributed by atoms with Gasteiger partial charge in [-0.15, -0.1) is 0 Å². The summed E-state index contributed by atoms with van der Waals surface area (Å²) >= 11 is 4.93. The number of thiocarbonyl (C=S) groups is 1. The average Bonchev–Trinajstić information content (AvgIpc) is 2.20. The van der Waals surface area contributed by atoms with E-state index in [1.807, 2.05) is 26.1 Å². The maximum absolute atomic E-state index is 9.13. The van der Waals surface area contributed by atoms with Crippen LogP contribution in [0.15, 0.2) is 24.3 Å². The zero-order valence-corrected chi connectivity index (χ0v) is 9.79. The highest BCUT2D eigenvalue weighted by atomic mass is 32.1. The molecule has 0 saturated carbocycles. The predicted molar refractivity (Wildman–Crippen MR) is 65.8 cm³/mol. The van der Waals surface area contributed by atoms with Crippen LogP contribution < -0.4 is 5.73 Å². The zero-order chi connectivity index (χ0) is 11.4. The second kappa shape index (κ2) is 5.09. The summed E-state index contributed by atoms with van der Waals surface area (Å²) < 4.78 is 0. The lowest BCUT2D eigenvalue weighted by molar-refractivity contribution is 0.304. The molecule has 3 nitrogen and oxygen atoms in total. The molecule has 0 saturated heterocycles. The van der Waals surface area contributed by atoms with Crippen LogP contribution in [0.2, 0.25) is 0 Å². The van der Waals surface area contributed by atoms with Gasteiger partial charge in [-0.25, -0.2) is 0 Å². The second-order valence-electron chi connectivity index (χ2n) is 3.66. The fourth-order valence-electron chi connectivity index (χ4n) is 1.24. The zero-order valence-electron chi connectivity index (χ0n) is 8.97. The minimum atomic E-state index is 0.0776. The molecule has 0 aliphatic heterocycles. The Morgan fingerprint density at radius 1 is 1.47 bits per heavy atom. The number of hydrogen-bond acceptors (Lipinski definition) is 3. The van der Waals surface area contributed by atoms with Gasteiger partial charge in [0, 0.05) is 6.54 Å². The number of rotatable bonds is 4. The molecule has 0 aromatic heterocycles. The van der Waals surface area contributed by atoms with Crippen LogP contribution in [0.5, 0.6) is 5.75 Å². The quantitative estimate of drug-likeness (QED) is 0.761. The summed E-state index contributed by atoms with van der Waals surface area (Å²) in [4.78, 5) is 2.56. The average molecular weight is 224 g/mol. The second-order valence-corrected chi connectivity index (χ2v) is 4.13. The lowest BCUT2D eigenvalue weighted by Crippen LogP contribution is -2.38. The molecule has 1 rings (SSSR count). The van der Waals surface area contributed by atoms with Crippen LogP contribution in [0.3, 0.4) is 0 Å². The van der Waals surface area contributed by atoms with Gasteiger partial charge in [0.25, 0.3) is 0 Å². The summed E-state index contributed by atoms with van der Waals surface area (Å²) in [7, 11) is 1.97. The van der Waals surface area contributed by atoms with Gasteiger partial charge >= 0.3 is 0 Å². The van der Waals surface area contributed by atoms with Crippen LogP contribution in [0.1, 0.15) is 12.5 Å². The maximum atomic E-state index is 9.13. The summed E-state index contributed by atoms with van der Waals surface area (Å²) in [6, 6.07) is 7.20. The Morgan fingerprint density at radius 3 is 2.47 bits per heavy atom. The van der Waals surface area contributed by atoms with E-state index in [1.165, 1.54) is 0 Å². The number of benzene rings is 1. The Hall–Kier alpha value is -1.13. The van der Waals surface area contributed by atoms with Gasteiger partial charge in [0.05, 0.1) is 11.0 Å². The van der Waals surface area contributed by atoms with Crippen molar-refractivity contribution < 1.29 is 5.11 Å². The van der Waals surface area contributed by atoms with Gasteiger partial charge in [-0.3, -0.25) is 4.90 Å². The number of phenols is 1. The number of aromatic hydroxyl groups is 1. The van der Waals surface area contributed by atoms with Gasteiger partial charge in [0.2, 0.25) is 0 Å². The highest BCUT2D eigenvalue weighted by Crippen LogP contribution is 2.12. The molecular weight excluding hydrogens is 208 g/mol. The molecule has 1 unspecified atom stereocenters. The first-order valence-corrected chi connectivity index (χ1v) is 5.19. The normalized spacial score (nSPS) is 12.7. The van der Waals surface area contributed by atoms with Crippen molar-refractivity contribution in [2.24, 2.45) is 5.73 Å². The first-order chi connectivity index (χ1) is 7.00. The van der Waals surface area contributed by atoms with Crippen molar-refractivity contribution in [3.05, 3.63) is 29.8 Å². The highest BCUT2D eigenvalue weighted by Gasteiger charge is 2.11. The van der Waals surface area contributed by atoms with Gasteiger partial charge in [-0.2, -0.15) is 0 Å². The lowest BCUT2D eigenvalue weighted by atomic mass is 10.2. The van der Waals surface area contributed by atoms with Crippen LogP contribution in [-0.2, 0) is 6.54 Å². The van der Waals surface area contributed by atoms with Crippen molar-refractivity contribution >= 4 is 17.2 Å². The summed E-state index contributed by atoms with van der Waals surface area (Å²) in [5.41, 5.74) is 6.69. The van der Waals surface area contributed by atoms with Crippen molar-refractivity contribution in [2.45, 2.75) is 19.5 Å². The number of phenolic OH excluding ortho intramolecular Hbond substituents is 1. The van der Waals surface area contributed by atoms with Crippen molar-refractivity contribution in [3.8, 4) is 5.75 Å². The molecule has 3 N–H and O–H groups in total. The summed E-state index contributed by atoms with van der Waals surface area (Å²) in [6.45, 7) is 2.74. The standard InChI is InChI=1S/C11H16N2OS/c1-8(11(12)15)13(2)7-9-3-5-10(14)6-4-9/h3-6,8,14H,7H2,1-2H3,(H2,12,15). The summed E-state index contributed by atoms with van der Waals surface area (Å²) in [6.07, 6.45) is 0. The van der Waals surface area contributed by atoms with Gasteiger partial charge in [-0.05, 0) is 31.7 Å². The molecule has 1 aromatic carbocycles. The van der Waals surface area contributed by atoms with Crippen molar-refractivity contribution in [3.63, 3.8) is 0 Å². The van der Waals surface area contributed by atoms with Crippen LogP contribution in [0.4, 0.5) is 0 Å². The van der Waals surface area contributed by atoms with Gasteiger partial charge < -0.3 is 10.8 Å². The Kier molecular flexibility index (Phi) is 4.05. The summed E-state index contributed by atoms with van der Waals surface area (Å²) in [5, 5.41) is 9.13. The van der Waals surface area contributed by atoms with E-state index in [0.717, 1.165) is 12.1 Å². The smallest absolute Gasteiger partial charge is 0.115 e. The minimum Gasteiger partial charge on any atom is -0.508 e. The SMILES string of the molecule is CC(C(N)=S)N(C)Cc1ccc(O)cc1. The Labute approximate surface area is 95.5 Å². The molecule has 82 valence electrons. The van der Waals surface area contributed by atoms with Gasteiger partial charge in [0.1, 0.15) is 5.75 Å². The molecule has 0 amide bonds. The first kappa shape index (κ1) is 11.9. The predicted octanol–water partition coefficient (Wildman–Crippen LogP) is 1.50. The van der Waals surface area contributed by atoms with Crippen molar-refractivity contribution in [2.75, 3.05) is 7.05 Å². The van der Waals surface area contributed by atoms with E-state index in [9.17, 15) is 0 Å². The molecule has 15 heavy (non-hydrogen) atoms. The van der Waals surface area contributed by atoms with E-state index in [4.69, 9.17) is 23.1 Å². The van der Waals surface area contributed by atoms with Gasteiger partial charge in [0.15, 0.2) is 0 Å². The monoisotopic (exact) mass is 224 g/mol. The van der Waals surface area contributed by atoms with Gasteiger partial charge in [-0.1, -0.05) is 24.4 Å². The highest BCUT2D eigenvalue weighted by molar-refractivity contribution is 7.80. The third-order valence-electron chi connectivity index (χ3n) is 2.44.